The molecule has 17 heavy (non-hydrogen) atoms. The van der Waals surface area contributed by atoms with E-state index in [4.69, 9.17) is 0 Å². The maximum Gasteiger partial charge on any atom is 0.0610 e. The van der Waals surface area contributed by atoms with Gasteiger partial charge in [-0.2, -0.15) is 0 Å². The van der Waals surface area contributed by atoms with Crippen molar-refractivity contribution in [3.63, 3.8) is 0 Å². The molecule has 1 atom stereocenters. The molecule has 2 N–H and O–H groups in total. The van der Waals surface area contributed by atoms with E-state index < -0.39 is 0 Å². The zero-order chi connectivity index (χ0) is 12.7. The Hall–Kier alpha value is -0.120. The third kappa shape index (κ3) is 5.36. The number of likely N-dealkylation sites (N-methyl/N-ethyl adjacent to an activating group) is 1. The SMILES string of the molecule is CCNC(C)(CO)CCCCN(CC)C1CC1. The second kappa shape index (κ2) is 7.34. The summed E-state index contributed by atoms with van der Waals surface area (Å²) in [6.45, 7) is 10.1. The molecule has 1 aliphatic rings. The van der Waals surface area contributed by atoms with Gasteiger partial charge in [0.25, 0.3) is 0 Å². The Kier molecular flexibility index (Phi) is 6.45. The number of hydrogen-bond acceptors (Lipinski definition) is 3. The van der Waals surface area contributed by atoms with Gasteiger partial charge in [0, 0.05) is 11.6 Å². The van der Waals surface area contributed by atoms with E-state index in [2.05, 4.69) is 31.0 Å². The summed E-state index contributed by atoms with van der Waals surface area (Å²) in [4.78, 5) is 2.60. The standard InChI is InChI=1S/C14H30N2O/c1-4-15-14(3,12-17)10-6-7-11-16(5-2)13-8-9-13/h13,15,17H,4-12H2,1-3H3. The van der Waals surface area contributed by atoms with Crippen LogP contribution in [0.4, 0.5) is 0 Å². The fourth-order valence-electron chi connectivity index (χ4n) is 2.52. The van der Waals surface area contributed by atoms with Crippen LogP contribution in [0, 0.1) is 0 Å². The minimum Gasteiger partial charge on any atom is -0.394 e. The van der Waals surface area contributed by atoms with E-state index in [-0.39, 0.29) is 12.1 Å². The number of nitrogens with one attached hydrogen (secondary N) is 1. The molecule has 3 heteroatoms. The van der Waals surface area contributed by atoms with Gasteiger partial charge in [0.1, 0.15) is 0 Å². The normalized spacial score (nSPS) is 19.6. The number of unbranched alkanes of at least 4 members (excludes halogenated alkanes) is 1. The van der Waals surface area contributed by atoms with E-state index in [1.54, 1.807) is 0 Å². The van der Waals surface area contributed by atoms with E-state index in [1.807, 2.05) is 0 Å². The summed E-state index contributed by atoms with van der Waals surface area (Å²) in [7, 11) is 0. The minimum atomic E-state index is -0.0780. The van der Waals surface area contributed by atoms with Crippen molar-refractivity contribution in [1.29, 1.82) is 0 Å². The molecule has 0 spiro atoms. The highest BCUT2D eigenvalue weighted by molar-refractivity contribution is 4.84. The highest BCUT2D eigenvalue weighted by Crippen LogP contribution is 2.26. The van der Waals surface area contributed by atoms with E-state index in [1.165, 1.54) is 38.8 Å². The lowest BCUT2D eigenvalue weighted by Crippen LogP contribution is -2.45. The van der Waals surface area contributed by atoms with Gasteiger partial charge in [-0.25, -0.2) is 0 Å². The molecule has 0 aromatic carbocycles. The van der Waals surface area contributed by atoms with Gasteiger partial charge in [-0.1, -0.05) is 20.3 Å². The van der Waals surface area contributed by atoms with Gasteiger partial charge in [-0.05, 0) is 52.2 Å². The molecular formula is C14H30N2O. The molecule has 102 valence electrons. The van der Waals surface area contributed by atoms with Crippen molar-refractivity contribution in [2.24, 2.45) is 0 Å². The molecule has 0 amide bonds. The molecule has 0 radical (unpaired) electrons. The fraction of sp³-hybridized carbons (Fsp3) is 1.00. The highest BCUT2D eigenvalue weighted by Gasteiger charge is 2.27. The summed E-state index contributed by atoms with van der Waals surface area (Å²) in [6.07, 6.45) is 6.33. The zero-order valence-corrected chi connectivity index (χ0v) is 11.8. The third-order valence-electron chi connectivity index (χ3n) is 3.85. The average molecular weight is 242 g/mol. The van der Waals surface area contributed by atoms with E-state index in [0.29, 0.717) is 0 Å². The van der Waals surface area contributed by atoms with Crippen LogP contribution in [0.25, 0.3) is 0 Å². The molecule has 1 unspecified atom stereocenters. The first kappa shape index (κ1) is 14.9. The molecule has 1 rings (SSSR count). The second-order valence-electron chi connectivity index (χ2n) is 5.57. The zero-order valence-electron chi connectivity index (χ0n) is 11.8. The van der Waals surface area contributed by atoms with E-state index in [9.17, 15) is 5.11 Å². The Morgan fingerprint density at radius 2 is 2.00 bits per heavy atom. The Morgan fingerprint density at radius 1 is 1.29 bits per heavy atom. The van der Waals surface area contributed by atoms with Gasteiger partial charge in [0.2, 0.25) is 0 Å². The third-order valence-corrected chi connectivity index (χ3v) is 3.85. The van der Waals surface area contributed by atoms with Crippen LogP contribution >= 0.6 is 0 Å². The Bertz CT molecular complexity index is 206. The Morgan fingerprint density at radius 3 is 2.47 bits per heavy atom. The summed E-state index contributed by atoms with van der Waals surface area (Å²) in [5.74, 6) is 0. The minimum absolute atomic E-state index is 0.0780. The van der Waals surface area contributed by atoms with Crippen LogP contribution in [-0.4, -0.2) is 47.8 Å². The predicted octanol–water partition coefficient (Wildman–Crippen LogP) is 2.00. The summed E-state index contributed by atoms with van der Waals surface area (Å²) < 4.78 is 0. The molecule has 0 bridgehead atoms. The van der Waals surface area contributed by atoms with Crippen LogP contribution < -0.4 is 5.32 Å². The predicted molar refractivity (Wildman–Crippen MR) is 73.3 cm³/mol. The maximum absolute atomic E-state index is 9.40. The van der Waals surface area contributed by atoms with Crippen LogP contribution in [0.1, 0.15) is 52.9 Å². The number of hydrogen-bond donors (Lipinski definition) is 2. The van der Waals surface area contributed by atoms with Crippen molar-refractivity contribution in [2.45, 2.75) is 64.5 Å². The smallest absolute Gasteiger partial charge is 0.0610 e. The molecule has 0 saturated heterocycles. The maximum atomic E-state index is 9.40. The lowest BCUT2D eigenvalue weighted by atomic mass is 9.95. The van der Waals surface area contributed by atoms with Crippen LogP contribution in [-0.2, 0) is 0 Å². The van der Waals surface area contributed by atoms with Gasteiger partial charge in [-0.3, -0.25) is 0 Å². The van der Waals surface area contributed by atoms with E-state index in [0.717, 1.165) is 19.0 Å². The van der Waals surface area contributed by atoms with Gasteiger partial charge in [0.15, 0.2) is 0 Å². The lowest BCUT2D eigenvalue weighted by molar-refractivity contribution is 0.162. The quantitative estimate of drug-likeness (QED) is 0.575. The summed E-state index contributed by atoms with van der Waals surface area (Å²) in [6, 6.07) is 0.887. The molecule has 1 fully saturated rings. The summed E-state index contributed by atoms with van der Waals surface area (Å²) in [5, 5.41) is 12.8. The van der Waals surface area contributed by atoms with Crippen molar-refractivity contribution in [2.75, 3.05) is 26.2 Å². The summed E-state index contributed by atoms with van der Waals surface area (Å²) >= 11 is 0. The Labute approximate surface area is 107 Å². The first-order chi connectivity index (χ1) is 8.15. The van der Waals surface area contributed by atoms with Crippen molar-refractivity contribution in [3.05, 3.63) is 0 Å². The van der Waals surface area contributed by atoms with Crippen LogP contribution in [0.5, 0.6) is 0 Å². The highest BCUT2D eigenvalue weighted by atomic mass is 16.3. The van der Waals surface area contributed by atoms with Crippen molar-refractivity contribution in [3.8, 4) is 0 Å². The fourth-order valence-corrected chi connectivity index (χ4v) is 2.52. The van der Waals surface area contributed by atoms with Crippen LogP contribution in [0.3, 0.4) is 0 Å². The number of rotatable bonds is 10. The number of aliphatic hydroxyl groups is 1. The molecular weight excluding hydrogens is 212 g/mol. The second-order valence-corrected chi connectivity index (χ2v) is 5.57. The van der Waals surface area contributed by atoms with Crippen molar-refractivity contribution >= 4 is 0 Å². The molecule has 0 aromatic rings. The van der Waals surface area contributed by atoms with E-state index >= 15 is 0 Å². The molecule has 0 heterocycles. The lowest BCUT2D eigenvalue weighted by Gasteiger charge is -2.29. The number of nitrogens with zero attached hydrogens (tertiary/aromatic N) is 1. The molecule has 3 nitrogen and oxygen atoms in total. The van der Waals surface area contributed by atoms with Gasteiger partial charge in [0.05, 0.1) is 6.61 Å². The largest absolute Gasteiger partial charge is 0.394 e. The monoisotopic (exact) mass is 242 g/mol. The van der Waals surface area contributed by atoms with Gasteiger partial charge >= 0.3 is 0 Å². The first-order valence-corrected chi connectivity index (χ1v) is 7.25. The Balaban J connectivity index is 2.12. The van der Waals surface area contributed by atoms with Crippen LogP contribution in [0.15, 0.2) is 0 Å². The molecule has 1 aliphatic carbocycles. The number of aliphatic hydroxyl groups excluding tert-OH is 1. The molecule has 1 saturated carbocycles. The topological polar surface area (TPSA) is 35.5 Å². The molecule has 0 aliphatic heterocycles. The van der Waals surface area contributed by atoms with Crippen molar-refractivity contribution < 1.29 is 5.11 Å². The van der Waals surface area contributed by atoms with Gasteiger partial charge < -0.3 is 15.3 Å². The van der Waals surface area contributed by atoms with Crippen molar-refractivity contribution in [1.82, 2.24) is 10.2 Å². The van der Waals surface area contributed by atoms with Gasteiger partial charge in [-0.15, -0.1) is 0 Å². The summed E-state index contributed by atoms with van der Waals surface area (Å²) in [5.41, 5.74) is -0.0780. The molecule has 0 aromatic heterocycles. The average Bonchev–Trinajstić information content (AvgIpc) is 3.14. The first-order valence-electron chi connectivity index (χ1n) is 7.25. The van der Waals surface area contributed by atoms with Crippen LogP contribution in [0.2, 0.25) is 0 Å².